The summed E-state index contributed by atoms with van der Waals surface area (Å²) >= 11 is 7.46. The van der Waals surface area contributed by atoms with E-state index in [1.807, 2.05) is 0 Å². The maximum Gasteiger partial charge on any atom is 0.280 e. The summed E-state index contributed by atoms with van der Waals surface area (Å²) in [6, 6.07) is 6.68. The van der Waals surface area contributed by atoms with Crippen LogP contribution < -0.4 is 10.6 Å². The molecule has 1 heterocycles. The van der Waals surface area contributed by atoms with Crippen LogP contribution in [0, 0.1) is 23.5 Å². The molecule has 2 bridgehead atoms. The van der Waals surface area contributed by atoms with Gasteiger partial charge in [-0.1, -0.05) is 11.6 Å². The van der Waals surface area contributed by atoms with E-state index in [1.165, 1.54) is 41.8 Å². The molecule has 0 saturated heterocycles. The number of hydrogen-bond acceptors (Lipinski definition) is 7. The second kappa shape index (κ2) is 10.6. The van der Waals surface area contributed by atoms with Gasteiger partial charge >= 0.3 is 0 Å². The summed E-state index contributed by atoms with van der Waals surface area (Å²) in [5, 5.41) is 17.7. The highest BCUT2D eigenvalue weighted by Crippen LogP contribution is 2.52. The molecule has 0 aliphatic heterocycles. The minimum absolute atomic E-state index is 0.00310. The number of anilines is 1. The molecule has 2 atom stereocenters. The average Bonchev–Trinajstić information content (AvgIpc) is 3.47. The summed E-state index contributed by atoms with van der Waals surface area (Å²) in [6.07, 6.45) is 3.09. The molecule has 2 fully saturated rings. The fourth-order valence-electron chi connectivity index (χ4n) is 5.60. The van der Waals surface area contributed by atoms with Gasteiger partial charge in [-0.25, -0.2) is 22.2 Å². The molecule has 2 aromatic carbocycles. The van der Waals surface area contributed by atoms with Crippen LogP contribution in [0.5, 0.6) is 0 Å². The number of fused-ring (bicyclic) bond motifs is 2. The second-order valence-electron chi connectivity index (χ2n) is 9.85. The highest BCUT2D eigenvalue weighted by Gasteiger charge is 2.55. The number of carbonyl (C=O) groups excluding carboxylic acids is 2. The van der Waals surface area contributed by atoms with Crippen LogP contribution in [0.4, 0.5) is 14.5 Å². The van der Waals surface area contributed by atoms with Crippen molar-refractivity contribution < 1.29 is 31.9 Å². The van der Waals surface area contributed by atoms with Crippen molar-refractivity contribution in [3.05, 3.63) is 75.2 Å². The molecule has 5 rings (SSSR count). The van der Waals surface area contributed by atoms with E-state index in [1.54, 1.807) is 5.38 Å². The molecule has 0 radical (unpaired) electrons. The number of nitrogens with one attached hydrogen (secondary N) is 2. The lowest BCUT2D eigenvalue weighted by Crippen LogP contribution is -2.54. The van der Waals surface area contributed by atoms with Crippen LogP contribution in [0.25, 0.3) is 0 Å². The van der Waals surface area contributed by atoms with Crippen LogP contribution in [0.2, 0.25) is 5.02 Å². The van der Waals surface area contributed by atoms with Crippen molar-refractivity contribution in [3.63, 3.8) is 0 Å². The van der Waals surface area contributed by atoms with E-state index in [4.69, 9.17) is 11.6 Å². The Morgan fingerprint density at radius 2 is 1.79 bits per heavy atom. The third kappa shape index (κ3) is 5.30. The van der Waals surface area contributed by atoms with Crippen LogP contribution in [0.3, 0.4) is 0 Å². The molecule has 3 aromatic rings. The zero-order valence-electron chi connectivity index (χ0n) is 20.4. The van der Waals surface area contributed by atoms with Gasteiger partial charge in [0.2, 0.25) is 0 Å². The molecule has 0 spiro atoms. The number of halogens is 3. The summed E-state index contributed by atoms with van der Waals surface area (Å²) in [7, 11) is -4.00. The fourth-order valence-corrected chi connectivity index (χ4v) is 8.56. The molecule has 2 aliphatic carbocycles. The van der Waals surface area contributed by atoms with Crippen molar-refractivity contribution in [2.75, 3.05) is 11.9 Å². The summed E-state index contributed by atoms with van der Waals surface area (Å²) in [4.78, 5) is 28.9. The molecule has 2 saturated carbocycles. The second-order valence-corrected chi connectivity index (χ2v) is 13.3. The van der Waals surface area contributed by atoms with E-state index in [0.717, 1.165) is 12.1 Å². The molecule has 8 nitrogen and oxygen atoms in total. The monoisotopic (exact) mass is 595 g/mol. The fraction of sp³-hybridized carbons (Fsp3) is 0.346. The molecule has 13 heteroatoms. The van der Waals surface area contributed by atoms with E-state index in [2.05, 4.69) is 15.6 Å². The SMILES string of the molecule is O=C(Nc1ccc(F)c(F)c1)c1ccc(Cl)c(S(=O)(=O)[C@H]2CC3CCC(C2)[C@]3(O)CNC(=O)c2nccs2)c1. The number of sulfone groups is 1. The van der Waals surface area contributed by atoms with Gasteiger partial charge in [0.1, 0.15) is 0 Å². The van der Waals surface area contributed by atoms with Gasteiger partial charge in [-0.2, -0.15) is 0 Å². The van der Waals surface area contributed by atoms with Gasteiger partial charge in [-0.05, 0) is 67.9 Å². The summed E-state index contributed by atoms with van der Waals surface area (Å²) in [5.74, 6) is -4.02. The van der Waals surface area contributed by atoms with Crippen LogP contribution in [0.1, 0.15) is 45.8 Å². The Morgan fingerprint density at radius 1 is 1.08 bits per heavy atom. The first kappa shape index (κ1) is 27.6. The van der Waals surface area contributed by atoms with Crippen LogP contribution in [0.15, 0.2) is 52.9 Å². The molecule has 2 aliphatic rings. The molecule has 3 N–H and O–H groups in total. The summed E-state index contributed by atoms with van der Waals surface area (Å²) < 4.78 is 54.1. The largest absolute Gasteiger partial charge is 0.387 e. The molecule has 2 amide bonds. The van der Waals surface area contributed by atoms with Gasteiger partial charge in [0.05, 0.1) is 20.8 Å². The number of thiazole rings is 1. The van der Waals surface area contributed by atoms with Crippen LogP contribution in [-0.4, -0.2) is 47.7 Å². The number of aliphatic hydroxyl groups is 1. The van der Waals surface area contributed by atoms with E-state index in [0.29, 0.717) is 12.8 Å². The maximum atomic E-state index is 13.7. The Bertz CT molecular complexity index is 1520. The van der Waals surface area contributed by atoms with Crippen LogP contribution in [-0.2, 0) is 9.84 Å². The molecule has 39 heavy (non-hydrogen) atoms. The molecule has 206 valence electrons. The van der Waals surface area contributed by atoms with Crippen molar-refractivity contribution in [2.24, 2.45) is 11.8 Å². The Balaban J connectivity index is 1.32. The molecular formula is C26H24ClF2N3O5S2. The standard InChI is InChI=1S/C26H24ClF2N3O5S2/c27-19-5-1-14(23(33)32-17-4-6-20(28)21(29)12-17)9-22(19)39(36,37)18-10-15-2-3-16(11-18)26(15,35)13-31-24(34)25-30-7-8-38-25/h1,4-9,12,15-16,18,35H,2-3,10-11,13H2,(H,31,34)(H,32,33)/t15?,16?,18-,26-. The van der Waals surface area contributed by atoms with Gasteiger partial charge in [0.25, 0.3) is 11.8 Å². The van der Waals surface area contributed by atoms with Gasteiger partial charge in [-0.15, -0.1) is 11.3 Å². The first-order valence-corrected chi connectivity index (χ1v) is 15.0. The number of carbonyl (C=O) groups is 2. The van der Waals surface area contributed by atoms with Crippen molar-refractivity contribution in [3.8, 4) is 0 Å². The summed E-state index contributed by atoms with van der Waals surface area (Å²) in [5.41, 5.74) is -1.26. The predicted molar refractivity (Wildman–Crippen MR) is 142 cm³/mol. The summed E-state index contributed by atoms with van der Waals surface area (Å²) in [6.45, 7) is -0.00604. The smallest absolute Gasteiger partial charge is 0.280 e. The highest BCUT2D eigenvalue weighted by molar-refractivity contribution is 7.92. The minimum atomic E-state index is -4.00. The van der Waals surface area contributed by atoms with E-state index in [9.17, 15) is 31.9 Å². The van der Waals surface area contributed by atoms with Gasteiger partial charge in [0.15, 0.2) is 26.5 Å². The van der Waals surface area contributed by atoms with Crippen molar-refractivity contribution >= 4 is 50.3 Å². The Labute approximate surface area is 232 Å². The zero-order valence-corrected chi connectivity index (χ0v) is 22.8. The number of aromatic nitrogens is 1. The third-order valence-electron chi connectivity index (χ3n) is 7.65. The zero-order chi connectivity index (χ0) is 27.9. The third-order valence-corrected chi connectivity index (χ3v) is 11.1. The Kier molecular flexibility index (Phi) is 7.49. The number of benzene rings is 2. The maximum absolute atomic E-state index is 13.7. The molecular weight excluding hydrogens is 572 g/mol. The van der Waals surface area contributed by atoms with Crippen LogP contribution >= 0.6 is 22.9 Å². The van der Waals surface area contributed by atoms with Gasteiger partial charge in [-0.3, -0.25) is 9.59 Å². The minimum Gasteiger partial charge on any atom is -0.387 e. The highest BCUT2D eigenvalue weighted by atomic mass is 35.5. The van der Waals surface area contributed by atoms with Crippen molar-refractivity contribution in [2.45, 2.75) is 41.4 Å². The van der Waals surface area contributed by atoms with E-state index < -0.39 is 44.1 Å². The Hall–Kier alpha value is -2.93. The number of nitrogens with zero attached hydrogens (tertiary/aromatic N) is 1. The first-order valence-electron chi connectivity index (χ1n) is 12.2. The molecule has 1 aromatic heterocycles. The van der Waals surface area contributed by atoms with Crippen molar-refractivity contribution in [1.29, 1.82) is 0 Å². The van der Waals surface area contributed by atoms with Crippen molar-refractivity contribution in [1.82, 2.24) is 10.3 Å². The van der Waals surface area contributed by atoms with E-state index >= 15 is 0 Å². The number of hydrogen-bond donors (Lipinski definition) is 3. The Morgan fingerprint density at radius 3 is 2.44 bits per heavy atom. The predicted octanol–water partition coefficient (Wildman–Crippen LogP) is 4.45. The normalized spacial score (nSPS) is 24.4. The topological polar surface area (TPSA) is 125 Å². The number of amides is 2. The number of rotatable bonds is 7. The lowest BCUT2D eigenvalue weighted by molar-refractivity contribution is -0.0548. The molecule has 2 unspecified atom stereocenters. The lowest BCUT2D eigenvalue weighted by atomic mass is 9.74. The van der Waals surface area contributed by atoms with E-state index in [-0.39, 0.29) is 57.4 Å². The first-order chi connectivity index (χ1) is 18.5. The lowest BCUT2D eigenvalue weighted by Gasteiger charge is -2.42. The average molecular weight is 596 g/mol. The van der Waals surface area contributed by atoms with Gasteiger partial charge < -0.3 is 15.7 Å². The quantitative estimate of drug-likeness (QED) is 0.371. The van der Waals surface area contributed by atoms with Gasteiger partial charge in [0, 0.05) is 35.4 Å².